The van der Waals surface area contributed by atoms with Gasteiger partial charge >= 0.3 is 0 Å². The summed E-state index contributed by atoms with van der Waals surface area (Å²) in [6.07, 6.45) is 6.53. The molecule has 0 radical (unpaired) electrons. The molecule has 3 nitrogen and oxygen atoms in total. The molecule has 0 heterocycles. The molecule has 0 saturated heterocycles. The molecule has 1 fully saturated rings. The molecule has 0 spiro atoms. The van der Waals surface area contributed by atoms with Crippen LogP contribution in [0, 0.1) is 0 Å². The molecule has 0 aromatic heterocycles. The maximum absolute atomic E-state index is 5.21. The lowest BCUT2D eigenvalue weighted by Gasteiger charge is -2.30. The third-order valence-electron chi connectivity index (χ3n) is 3.67. The zero-order chi connectivity index (χ0) is 12.5. The monoisotopic (exact) mass is 242 g/mol. The van der Waals surface area contributed by atoms with Crippen molar-refractivity contribution < 1.29 is 4.74 Å². The van der Waals surface area contributed by atoms with E-state index in [4.69, 9.17) is 4.74 Å². The van der Waals surface area contributed by atoms with Crippen LogP contribution in [0.5, 0.6) is 0 Å². The first-order valence-corrected chi connectivity index (χ1v) is 7.28. The maximum atomic E-state index is 5.21. The summed E-state index contributed by atoms with van der Waals surface area (Å²) in [5.74, 6) is 0. The van der Waals surface area contributed by atoms with E-state index >= 15 is 0 Å². The van der Waals surface area contributed by atoms with Gasteiger partial charge in [0, 0.05) is 25.7 Å². The molecule has 1 aliphatic rings. The molecule has 1 N–H and O–H groups in total. The number of ether oxygens (including phenoxy) is 1. The van der Waals surface area contributed by atoms with Crippen molar-refractivity contribution in [1.29, 1.82) is 0 Å². The number of methoxy groups -OCH3 is 1. The summed E-state index contributed by atoms with van der Waals surface area (Å²) in [7, 11) is 1.79. The van der Waals surface area contributed by atoms with E-state index < -0.39 is 0 Å². The standard InChI is InChI=1S/C14H30N2O/c1-4-14(5-2)16(11-12-17-3)10-6-9-15-13-7-8-13/h13-15H,4-12H2,1-3H3. The molecular formula is C14H30N2O. The van der Waals surface area contributed by atoms with Crippen LogP contribution in [0.15, 0.2) is 0 Å². The average molecular weight is 242 g/mol. The van der Waals surface area contributed by atoms with Crippen LogP contribution in [-0.4, -0.2) is 50.3 Å². The van der Waals surface area contributed by atoms with Gasteiger partial charge in [0.1, 0.15) is 0 Å². The first-order valence-electron chi connectivity index (χ1n) is 7.28. The van der Waals surface area contributed by atoms with Crippen LogP contribution in [0.1, 0.15) is 46.0 Å². The molecule has 3 heteroatoms. The van der Waals surface area contributed by atoms with Gasteiger partial charge in [-0.2, -0.15) is 0 Å². The Morgan fingerprint density at radius 1 is 1.24 bits per heavy atom. The topological polar surface area (TPSA) is 24.5 Å². The zero-order valence-corrected chi connectivity index (χ0v) is 11.9. The van der Waals surface area contributed by atoms with Gasteiger partial charge in [-0.25, -0.2) is 0 Å². The molecule has 0 unspecified atom stereocenters. The van der Waals surface area contributed by atoms with Gasteiger partial charge in [0.2, 0.25) is 0 Å². The lowest BCUT2D eigenvalue weighted by molar-refractivity contribution is 0.114. The number of nitrogens with zero attached hydrogens (tertiary/aromatic N) is 1. The van der Waals surface area contributed by atoms with Crippen LogP contribution in [0.3, 0.4) is 0 Å². The number of rotatable bonds is 11. The van der Waals surface area contributed by atoms with Gasteiger partial charge in [0.25, 0.3) is 0 Å². The first-order chi connectivity index (χ1) is 8.31. The molecule has 0 aromatic carbocycles. The van der Waals surface area contributed by atoms with Crippen molar-refractivity contribution in [3.05, 3.63) is 0 Å². The van der Waals surface area contributed by atoms with E-state index in [1.165, 1.54) is 45.2 Å². The summed E-state index contributed by atoms with van der Waals surface area (Å²) in [5, 5.41) is 3.59. The number of hydrogen-bond donors (Lipinski definition) is 1. The summed E-state index contributed by atoms with van der Waals surface area (Å²) >= 11 is 0. The van der Waals surface area contributed by atoms with Gasteiger partial charge in [0.05, 0.1) is 6.61 Å². The molecule has 0 aromatic rings. The van der Waals surface area contributed by atoms with Crippen molar-refractivity contribution in [3.63, 3.8) is 0 Å². The smallest absolute Gasteiger partial charge is 0.0589 e. The fourth-order valence-electron chi connectivity index (χ4n) is 2.37. The summed E-state index contributed by atoms with van der Waals surface area (Å²) in [6, 6.07) is 1.57. The predicted molar refractivity (Wildman–Crippen MR) is 73.5 cm³/mol. The highest BCUT2D eigenvalue weighted by Gasteiger charge is 2.20. The van der Waals surface area contributed by atoms with E-state index in [1.807, 2.05) is 0 Å². The summed E-state index contributed by atoms with van der Waals surface area (Å²) in [6.45, 7) is 8.88. The van der Waals surface area contributed by atoms with Crippen LogP contribution in [0.2, 0.25) is 0 Å². The Balaban J connectivity index is 2.17. The Kier molecular flexibility index (Phi) is 7.82. The molecule has 0 aliphatic heterocycles. The number of nitrogens with one attached hydrogen (secondary N) is 1. The van der Waals surface area contributed by atoms with E-state index in [2.05, 4.69) is 24.1 Å². The molecule has 17 heavy (non-hydrogen) atoms. The first kappa shape index (κ1) is 14.9. The molecule has 0 amide bonds. The maximum Gasteiger partial charge on any atom is 0.0589 e. The molecule has 0 bridgehead atoms. The highest BCUT2D eigenvalue weighted by atomic mass is 16.5. The van der Waals surface area contributed by atoms with Gasteiger partial charge in [-0.15, -0.1) is 0 Å². The minimum Gasteiger partial charge on any atom is -0.383 e. The van der Waals surface area contributed by atoms with Crippen molar-refractivity contribution in [3.8, 4) is 0 Å². The van der Waals surface area contributed by atoms with Crippen molar-refractivity contribution in [2.75, 3.05) is 33.4 Å². The zero-order valence-electron chi connectivity index (χ0n) is 11.9. The van der Waals surface area contributed by atoms with E-state index in [0.717, 1.165) is 25.2 Å². The molecule has 0 atom stereocenters. The highest BCUT2D eigenvalue weighted by molar-refractivity contribution is 4.80. The van der Waals surface area contributed by atoms with Crippen LogP contribution in [-0.2, 0) is 4.74 Å². The van der Waals surface area contributed by atoms with Crippen molar-refractivity contribution in [1.82, 2.24) is 10.2 Å². The SMILES string of the molecule is CCC(CC)N(CCCNC1CC1)CCOC. The molecular weight excluding hydrogens is 212 g/mol. The minimum absolute atomic E-state index is 0.728. The second-order valence-corrected chi connectivity index (χ2v) is 5.08. The minimum atomic E-state index is 0.728. The van der Waals surface area contributed by atoms with Crippen LogP contribution >= 0.6 is 0 Å². The number of hydrogen-bond acceptors (Lipinski definition) is 3. The Labute approximate surface area is 107 Å². The molecule has 1 rings (SSSR count). The third kappa shape index (κ3) is 6.39. The molecule has 1 saturated carbocycles. The fourth-order valence-corrected chi connectivity index (χ4v) is 2.37. The Hall–Kier alpha value is -0.120. The second-order valence-electron chi connectivity index (χ2n) is 5.08. The van der Waals surface area contributed by atoms with Crippen molar-refractivity contribution in [2.45, 2.75) is 58.0 Å². The molecule has 102 valence electrons. The Morgan fingerprint density at radius 2 is 1.94 bits per heavy atom. The summed E-state index contributed by atoms with van der Waals surface area (Å²) in [4.78, 5) is 2.60. The van der Waals surface area contributed by atoms with Crippen molar-refractivity contribution in [2.24, 2.45) is 0 Å². The van der Waals surface area contributed by atoms with Gasteiger partial charge in [0.15, 0.2) is 0 Å². The quantitative estimate of drug-likeness (QED) is 0.563. The lowest BCUT2D eigenvalue weighted by Crippen LogP contribution is -2.38. The largest absolute Gasteiger partial charge is 0.383 e. The van der Waals surface area contributed by atoms with Crippen molar-refractivity contribution >= 4 is 0 Å². The Morgan fingerprint density at radius 3 is 2.47 bits per heavy atom. The lowest BCUT2D eigenvalue weighted by atomic mass is 10.1. The van der Waals surface area contributed by atoms with Gasteiger partial charge in [-0.1, -0.05) is 13.8 Å². The summed E-state index contributed by atoms with van der Waals surface area (Å²) in [5.41, 5.74) is 0. The van der Waals surface area contributed by atoms with E-state index in [1.54, 1.807) is 7.11 Å². The van der Waals surface area contributed by atoms with Gasteiger partial charge in [-0.05, 0) is 45.2 Å². The fraction of sp³-hybridized carbons (Fsp3) is 1.00. The Bertz CT molecular complexity index is 179. The second kappa shape index (κ2) is 8.90. The van der Waals surface area contributed by atoms with Crippen LogP contribution < -0.4 is 5.32 Å². The van der Waals surface area contributed by atoms with E-state index in [-0.39, 0.29) is 0 Å². The van der Waals surface area contributed by atoms with Crippen LogP contribution in [0.25, 0.3) is 0 Å². The summed E-state index contributed by atoms with van der Waals surface area (Å²) < 4.78 is 5.21. The third-order valence-corrected chi connectivity index (χ3v) is 3.67. The van der Waals surface area contributed by atoms with Crippen LogP contribution in [0.4, 0.5) is 0 Å². The van der Waals surface area contributed by atoms with Gasteiger partial charge in [-0.3, -0.25) is 4.90 Å². The van der Waals surface area contributed by atoms with E-state index in [0.29, 0.717) is 0 Å². The molecule has 1 aliphatic carbocycles. The average Bonchev–Trinajstić information content (AvgIpc) is 3.15. The highest BCUT2D eigenvalue weighted by Crippen LogP contribution is 2.18. The van der Waals surface area contributed by atoms with E-state index in [9.17, 15) is 0 Å². The van der Waals surface area contributed by atoms with Gasteiger partial charge < -0.3 is 10.1 Å². The normalized spacial score (nSPS) is 16.1. The predicted octanol–water partition coefficient (Wildman–Crippen LogP) is 2.27.